The van der Waals surface area contributed by atoms with E-state index < -0.39 is 5.97 Å². The maximum absolute atomic E-state index is 12.8. The van der Waals surface area contributed by atoms with Crippen LogP contribution in [0.15, 0.2) is 46.9 Å². The highest BCUT2D eigenvalue weighted by molar-refractivity contribution is 6.10. The van der Waals surface area contributed by atoms with Crippen molar-refractivity contribution in [2.24, 2.45) is 0 Å². The molecule has 4 aromatic rings. The van der Waals surface area contributed by atoms with Crippen molar-refractivity contribution in [1.29, 1.82) is 0 Å². The topological polar surface area (TPSA) is 84.3 Å². The highest BCUT2D eigenvalue weighted by Crippen LogP contribution is 2.30. The second-order valence-corrected chi connectivity index (χ2v) is 6.61. The van der Waals surface area contributed by atoms with Gasteiger partial charge in [0.05, 0.1) is 12.2 Å². The van der Waals surface area contributed by atoms with Crippen molar-refractivity contribution >= 4 is 39.5 Å². The molecule has 142 valence electrons. The van der Waals surface area contributed by atoms with Crippen molar-refractivity contribution < 1.29 is 18.7 Å². The molecule has 0 bridgehead atoms. The maximum Gasteiger partial charge on any atom is 0.340 e. The lowest BCUT2D eigenvalue weighted by Crippen LogP contribution is -2.14. The molecule has 0 saturated carbocycles. The molecule has 0 aliphatic rings. The van der Waals surface area contributed by atoms with E-state index >= 15 is 0 Å². The number of benzene rings is 2. The number of aryl methyl sites for hydroxylation is 1. The smallest absolute Gasteiger partial charge is 0.340 e. The van der Waals surface area contributed by atoms with Gasteiger partial charge in [-0.2, -0.15) is 0 Å². The first-order valence-electron chi connectivity index (χ1n) is 9.08. The fourth-order valence-electron chi connectivity index (χ4n) is 3.48. The van der Waals surface area contributed by atoms with Crippen LogP contribution in [0.2, 0.25) is 0 Å². The summed E-state index contributed by atoms with van der Waals surface area (Å²) < 4.78 is 10.9. The first-order chi connectivity index (χ1) is 13.5. The molecule has 0 saturated heterocycles. The van der Waals surface area contributed by atoms with E-state index in [1.165, 1.54) is 0 Å². The van der Waals surface area contributed by atoms with Crippen LogP contribution in [-0.2, 0) is 4.74 Å². The van der Waals surface area contributed by atoms with Gasteiger partial charge in [0.25, 0.3) is 5.91 Å². The van der Waals surface area contributed by atoms with Gasteiger partial charge in [-0.05, 0) is 50.6 Å². The summed E-state index contributed by atoms with van der Waals surface area (Å²) >= 11 is 0. The zero-order valence-corrected chi connectivity index (χ0v) is 15.9. The standard InChI is InChI=1S/C22H20N2O4/c1-4-27-22(26)19-12(2)20(23-13(19)3)21(25)24-14-9-10-18-16(11-14)15-7-5-6-8-17(15)28-18/h5-11,23H,4H2,1-3H3,(H,24,25). The summed E-state index contributed by atoms with van der Waals surface area (Å²) in [4.78, 5) is 27.9. The lowest BCUT2D eigenvalue weighted by Gasteiger charge is -2.05. The number of aromatic nitrogens is 1. The number of rotatable bonds is 4. The maximum atomic E-state index is 12.8. The molecule has 1 amide bonds. The molecule has 2 aromatic carbocycles. The van der Waals surface area contributed by atoms with Crippen LogP contribution in [0.3, 0.4) is 0 Å². The third kappa shape index (κ3) is 2.93. The van der Waals surface area contributed by atoms with E-state index in [0.29, 0.717) is 28.2 Å². The van der Waals surface area contributed by atoms with Crippen LogP contribution in [0.5, 0.6) is 0 Å². The number of carbonyl (C=O) groups excluding carboxylic acids is 2. The molecular formula is C22H20N2O4. The summed E-state index contributed by atoms with van der Waals surface area (Å²) in [5.74, 6) is -0.748. The normalized spacial score (nSPS) is 11.1. The summed E-state index contributed by atoms with van der Waals surface area (Å²) in [6.45, 7) is 5.51. The van der Waals surface area contributed by atoms with Crippen LogP contribution in [0.1, 0.15) is 39.0 Å². The Morgan fingerprint density at radius 2 is 1.82 bits per heavy atom. The number of para-hydroxylation sites is 1. The van der Waals surface area contributed by atoms with Gasteiger partial charge in [0, 0.05) is 22.2 Å². The Balaban J connectivity index is 1.66. The molecule has 28 heavy (non-hydrogen) atoms. The molecule has 4 rings (SSSR count). The van der Waals surface area contributed by atoms with Gasteiger partial charge in [-0.3, -0.25) is 4.79 Å². The lowest BCUT2D eigenvalue weighted by molar-refractivity contribution is 0.0525. The monoisotopic (exact) mass is 376 g/mol. The first-order valence-corrected chi connectivity index (χ1v) is 9.08. The van der Waals surface area contributed by atoms with Gasteiger partial charge in [0.15, 0.2) is 0 Å². The number of furan rings is 1. The van der Waals surface area contributed by atoms with E-state index in [9.17, 15) is 9.59 Å². The van der Waals surface area contributed by atoms with Crippen LogP contribution < -0.4 is 5.32 Å². The second kappa shape index (κ2) is 6.88. The Morgan fingerprint density at radius 3 is 2.61 bits per heavy atom. The van der Waals surface area contributed by atoms with Gasteiger partial charge < -0.3 is 19.5 Å². The molecule has 0 radical (unpaired) electrons. The summed E-state index contributed by atoms with van der Waals surface area (Å²) in [7, 11) is 0. The molecule has 2 N–H and O–H groups in total. The molecule has 0 atom stereocenters. The third-order valence-corrected chi connectivity index (χ3v) is 4.78. The minimum absolute atomic E-state index is 0.281. The summed E-state index contributed by atoms with van der Waals surface area (Å²) in [5, 5.41) is 4.81. The zero-order chi connectivity index (χ0) is 19.8. The molecule has 2 heterocycles. The van der Waals surface area contributed by atoms with Crippen LogP contribution in [-0.4, -0.2) is 23.5 Å². The zero-order valence-electron chi connectivity index (χ0n) is 15.9. The van der Waals surface area contributed by atoms with Crippen LogP contribution >= 0.6 is 0 Å². The molecule has 0 aliphatic heterocycles. The van der Waals surface area contributed by atoms with Crippen molar-refractivity contribution in [2.45, 2.75) is 20.8 Å². The van der Waals surface area contributed by atoms with Gasteiger partial charge in [-0.25, -0.2) is 4.79 Å². The molecule has 6 nitrogen and oxygen atoms in total. The number of ether oxygens (including phenoxy) is 1. The van der Waals surface area contributed by atoms with E-state index in [2.05, 4.69) is 10.3 Å². The molecule has 6 heteroatoms. The van der Waals surface area contributed by atoms with Crippen LogP contribution in [0.25, 0.3) is 21.9 Å². The first kappa shape index (κ1) is 17.9. The van der Waals surface area contributed by atoms with E-state index in [0.717, 1.165) is 21.9 Å². The number of hydrogen-bond acceptors (Lipinski definition) is 4. The van der Waals surface area contributed by atoms with Crippen molar-refractivity contribution in [3.8, 4) is 0 Å². The fourth-order valence-corrected chi connectivity index (χ4v) is 3.48. The Hall–Kier alpha value is -3.54. The Labute approximate surface area is 161 Å². The van der Waals surface area contributed by atoms with E-state index in [4.69, 9.17) is 9.15 Å². The van der Waals surface area contributed by atoms with E-state index in [1.807, 2.05) is 36.4 Å². The fraction of sp³-hybridized carbons (Fsp3) is 0.182. The Kier molecular flexibility index (Phi) is 4.39. The molecule has 0 spiro atoms. The molecule has 0 aliphatic carbocycles. The summed E-state index contributed by atoms with van der Waals surface area (Å²) in [6, 6.07) is 13.3. The third-order valence-electron chi connectivity index (χ3n) is 4.78. The van der Waals surface area contributed by atoms with Crippen LogP contribution in [0, 0.1) is 13.8 Å². The molecular weight excluding hydrogens is 356 g/mol. The lowest BCUT2D eigenvalue weighted by atomic mass is 10.1. The van der Waals surface area contributed by atoms with Crippen molar-refractivity contribution in [3.63, 3.8) is 0 Å². The predicted octanol–water partition coefficient (Wildman–Crippen LogP) is 4.96. The largest absolute Gasteiger partial charge is 0.462 e. The summed E-state index contributed by atoms with van der Waals surface area (Å²) in [5.41, 5.74) is 4.14. The predicted molar refractivity (Wildman–Crippen MR) is 108 cm³/mol. The molecule has 2 aromatic heterocycles. The van der Waals surface area contributed by atoms with E-state index in [-0.39, 0.29) is 12.5 Å². The number of hydrogen-bond donors (Lipinski definition) is 2. The number of carbonyl (C=O) groups is 2. The summed E-state index contributed by atoms with van der Waals surface area (Å²) in [6.07, 6.45) is 0. The number of H-pyrrole nitrogens is 1. The van der Waals surface area contributed by atoms with Crippen LogP contribution in [0.4, 0.5) is 5.69 Å². The minimum Gasteiger partial charge on any atom is -0.462 e. The average Bonchev–Trinajstić information content (AvgIpc) is 3.18. The molecule has 0 fully saturated rings. The van der Waals surface area contributed by atoms with Gasteiger partial charge in [-0.1, -0.05) is 18.2 Å². The number of fused-ring (bicyclic) bond motifs is 3. The number of anilines is 1. The molecule has 0 unspecified atom stereocenters. The van der Waals surface area contributed by atoms with E-state index in [1.54, 1.807) is 26.8 Å². The minimum atomic E-state index is -0.431. The van der Waals surface area contributed by atoms with Gasteiger partial charge in [0.1, 0.15) is 16.9 Å². The van der Waals surface area contributed by atoms with Gasteiger partial charge >= 0.3 is 5.97 Å². The quantitative estimate of drug-likeness (QED) is 0.493. The SMILES string of the molecule is CCOC(=O)c1c(C)[nH]c(C(=O)Nc2ccc3oc4ccccc4c3c2)c1C. The highest BCUT2D eigenvalue weighted by atomic mass is 16.5. The van der Waals surface area contributed by atoms with Gasteiger partial charge in [-0.15, -0.1) is 0 Å². The second-order valence-electron chi connectivity index (χ2n) is 6.61. The highest BCUT2D eigenvalue weighted by Gasteiger charge is 2.23. The average molecular weight is 376 g/mol. The number of amides is 1. The van der Waals surface area contributed by atoms with Crippen molar-refractivity contribution in [1.82, 2.24) is 4.98 Å². The number of esters is 1. The number of aromatic amines is 1. The van der Waals surface area contributed by atoms with Crippen molar-refractivity contribution in [2.75, 3.05) is 11.9 Å². The number of nitrogens with one attached hydrogen (secondary N) is 2. The van der Waals surface area contributed by atoms with Crippen molar-refractivity contribution in [3.05, 3.63) is 65.0 Å². The van der Waals surface area contributed by atoms with Gasteiger partial charge in [0.2, 0.25) is 0 Å². The Morgan fingerprint density at radius 1 is 1.07 bits per heavy atom. The Bertz CT molecular complexity index is 1220.